The van der Waals surface area contributed by atoms with Crippen LogP contribution in [0.4, 0.5) is 11.6 Å². The number of aromatic nitrogens is 4. The van der Waals surface area contributed by atoms with Crippen LogP contribution >= 0.6 is 0 Å². The number of aryl methyl sites for hydroxylation is 2. The van der Waals surface area contributed by atoms with Crippen molar-refractivity contribution in [2.45, 2.75) is 32.7 Å². The molecule has 2 aromatic carbocycles. The van der Waals surface area contributed by atoms with Crippen LogP contribution in [0.25, 0.3) is 21.9 Å². The van der Waals surface area contributed by atoms with Crippen molar-refractivity contribution in [3.63, 3.8) is 0 Å². The average Bonchev–Trinajstić information content (AvgIpc) is 2.98. The zero-order valence-corrected chi connectivity index (χ0v) is 18.9. The van der Waals surface area contributed by atoms with Crippen LogP contribution < -0.4 is 15.4 Å². The summed E-state index contributed by atoms with van der Waals surface area (Å²) in [5, 5.41) is 0.607. The van der Waals surface area contributed by atoms with Crippen molar-refractivity contribution in [1.82, 2.24) is 19.5 Å². The first-order valence-corrected chi connectivity index (χ1v) is 11.3. The van der Waals surface area contributed by atoms with E-state index in [1.165, 1.54) is 0 Å². The average molecular weight is 443 g/mol. The summed E-state index contributed by atoms with van der Waals surface area (Å²) in [6.45, 7) is 3.78. The molecule has 0 aliphatic carbocycles. The summed E-state index contributed by atoms with van der Waals surface area (Å²) in [7, 11) is 1.98. The Bertz CT molecular complexity index is 1410. The lowest BCUT2D eigenvalue weighted by molar-refractivity contribution is -0.118. The van der Waals surface area contributed by atoms with E-state index in [0.29, 0.717) is 37.1 Å². The van der Waals surface area contributed by atoms with Crippen molar-refractivity contribution < 1.29 is 4.79 Å². The second-order valence-electron chi connectivity index (χ2n) is 8.50. The van der Waals surface area contributed by atoms with Crippen molar-refractivity contribution >= 4 is 39.5 Å². The van der Waals surface area contributed by atoms with Gasteiger partial charge in [-0.15, -0.1) is 0 Å². The van der Waals surface area contributed by atoms with Gasteiger partial charge in [0.15, 0.2) is 11.6 Å². The van der Waals surface area contributed by atoms with Crippen LogP contribution in [0.15, 0.2) is 53.6 Å². The topological polar surface area (TPSA) is 84.2 Å². The highest BCUT2D eigenvalue weighted by molar-refractivity contribution is 5.96. The Labute approximate surface area is 191 Å². The molecule has 0 saturated carbocycles. The fourth-order valence-corrected chi connectivity index (χ4v) is 4.37. The number of nitrogens with zero attached hydrogens (tertiary/aromatic N) is 6. The first-order chi connectivity index (χ1) is 16.0. The summed E-state index contributed by atoms with van der Waals surface area (Å²) in [5.41, 5.74) is 3.22. The molecule has 5 rings (SSSR count). The molecule has 1 aliphatic heterocycles. The minimum absolute atomic E-state index is 0.00577. The number of carbonyl (C=O) groups excluding carboxylic acids is 1. The summed E-state index contributed by atoms with van der Waals surface area (Å²) in [6, 6.07) is 13.3. The molecule has 0 N–H and O–H groups in total. The van der Waals surface area contributed by atoms with E-state index in [-0.39, 0.29) is 11.5 Å². The number of hydrogen-bond donors (Lipinski definition) is 0. The van der Waals surface area contributed by atoms with Gasteiger partial charge in [0.1, 0.15) is 0 Å². The third kappa shape index (κ3) is 3.92. The van der Waals surface area contributed by atoms with Gasteiger partial charge in [-0.1, -0.05) is 24.3 Å². The second kappa shape index (κ2) is 8.61. The van der Waals surface area contributed by atoms with Gasteiger partial charge >= 0.3 is 0 Å². The Hall–Kier alpha value is -3.81. The number of para-hydroxylation sites is 3. The quantitative estimate of drug-likeness (QED) is 0.482. The smallest absolute Gasteiger partial charge is 0.261 e. The van der Waals surface area contributed by atoms with Gasteiger partial charge in [0.2, 0.25) is 5.91 Å². The molecule has 1 amide bonds. The van der Waals surface area contributed by atoms with E-state index in [4.69, 9.17) is 9.97 Å². The number of rotatable bonds is 4. The Morgan fingerprint density at radius 2 is 1.76 bits per heavy atom. The predicted molar refractivity (Wildman–Crippen MR) is 130 cm³/mol. The normalized spacial score (nSPS) is 13.9. The van der Waals surface area contributed by atoms with E-state index in [2.05, 4.69) is 9.88 Å². The molecule has 0 spiro atoms. The number of carbonyl (C=O) groups is 1. The van der Waals surface area contributed by atoms with Gasteiger partial charge in [-0.25, -0.2) is 15.0 Å². The van der Waals surface area contributed by atoms with Gasteiger partial charge in [-0.3, -0.25) is 19.1 Å². The minimum atomic E-state index is -0.0739. The number of amides is 1. The summed E-state index contributed by atoms with van der Waals surface area (Å²) >= 11 is 0. The molecule has 0 unspecified atom stereocenters. The molecule has 33 heavy (non-hydrogen) atoms. The highest BCUT2D eigenvalue weighted by Gasteiger charge is 2.26. The zero-order chi connectivity index (χ0) is 22.9. The molecule has 4 aromatic rings. The van der Waals surface area contributed by atoms with E-state index in [1.54, 1.807) is 21.9 Å². The van der Waals surface area contributed by atoms with Crippen molar-refractivity contribution in [3.05, 3.63) is 64.7 Å². The molecule has 0 atom stereocenters. The maximum atomic E-state index is 13.2. The lowest BCUT2D eigenvalue weighted by Crippen LogP contribution is -2.32. The Kier molecular flexibility index (Phi) is 5.50. The Balaban J connectivity index is 1.36. The number of hydrogen-bond acceptors (Lipinski definition) is 6. The Morgan fingerprint density at radius 1 is 1.00 bits per heavy atom. The summed E-state index contributed by atoms with van der Waals surface area (Å²) in [6.07, 6.45) is 3.27. The van der Waals surface area contributed by atoms with E-state index < -0.39 is 0 Å². The van der Waals surface area contributed by atoms with Crippen LogP contribution in [-0.4, -0.2) is 45.6 Å². The van der Waals surface area contributed by atoms with Gasteiger partial charge in [-0.2, -0.15) is 0 Å². The van der Waals surface area contributed by atoms with Crippen molar-refractivity contribution in [3.8, 4) is 0 Å². The summed E-state index contributed by atoms with van der Waals surface area (Å²) in [4.78, 5) is 43.9. The SMILES string of the molecule is Cc1cccc2c(=O)n(CCCC(=O)N3CCCN(C)c4nc5ccccc5nc43)cnc12. The monoisotopic (exact) mass is 442 g/mol. The van der Waals surface area contributed by atoms with Gasteiger partial charge in [0, 0.05) is 33.1 Å². The fraction of sp³-hybridized carbons (Fsp3) is 0.320. The molecule has 3 heterocycles. The van der Waals surface area contributed by atoms with Gasteiger partial charge in [0.25, 0.3) is 5.56 Å². The van der Waals surface area contributed by atoms with E-state index in [0.717, 1.165) is 40.9 Å². The molecular weight excluding hydrogens is 416 g/mol. The predicted octanol–water partition coefficient (Wildman–Crippen LogP) is 3.30. The molecule has 0 bridgehead atoms. The third-order valence-corrected chi connectivity index (χ3v) is 6.17. The molecule has 8 heteroatoms. The molecule has 0 radical (unpaired) electrons. The first-order valence-electron chi connectivity index (χ1n) is 11.3. The third-order valence-electron chi connectivity index (χ3n) is 6.17. The maximum Gasteiger partial charge on any atom is 0.261 e. The lowest BCUT2D eigenvalue weighted by Gasteiger charge is -2.23. The zero-order valence-electron chi connectivity index (χ0n) is 18.9. The van der Waals surface area contributed by atoms with E-state index in [9.17, 15) is 9.59 Å². The fourth-order valence-electron chi connectivity index (χ4n) is 4.37. The molecule has 0 saturated heterocycles. The van der Waals surface area contributed by atoms with Crippen LogP contribution in [0.5, 0.6) is 0 Å². The van der Waals surface area contributed by atoms with E-state index >= 15 is 0 Å². The highest BCUT2D eigenvalue weighted by Crippen LogP contribution is 2.30. The van der Waals surface area contributed by atoms with Crippen LogP contribution in [0, 0.1) is 6.92 Å². The van der Waals surface area contributed by atoms with Crippen molar-refractivity contribution in [1.29, 1.82) is 0 Å². The standard InChI is InChI=1S/C25H26N6O2/c1-17-8-5-9-18-22(17)26-16-30(25(18)33)14-6-12-21(32)31-15-7-13-29(2)23-24(31)28-20-11-4-3-10-19(20)27-23/h3-5,8-11,16H,6-7,12-15H2,1-2H3. The van der Waals surface area contributed by atoms with Crippen LogP contribution in [0.2, 0.25) is 0 Å². The van der Waals surface area contributed by atoms with Crippen LogP contribution in [0.3, 0.4) is 0 Å². The van der Waals surface area contributed by atoms with Gasteiger partial charge in [-0.05, 0) is 43.5 Å². The van der Waals surface area contributed by atoms with Crippen molar-refractivity contribution in [2.75, 3.05) is 29.9 Å². The van der Waals surface area contributed by atoms with Crippen molar-refractivity contribution in [2.24, 2.45) is 0 Å². The molecular formula is C25H26N6O2. The molecule has 0 fully saturated rings. The van der Waals surface area contributed by atoms with Crippen LogP contribution in [-0.2, 0) is 11.3 Å². The number of fused-ring (bicyclic) bond motifs is 3. The van der Waals surface area contributed by atoms with Crippen LogP contribution in [0.1, 0.15) is 24.8 Å². The molecule has 168 valence electrons. The van der Waals surface area contributed by atoms with Gasteiger partial charge < -0.3 is 4.90 Å². The highest BCUT2D eigenvalue weighted by atomic mass is 16.2. The lowest BCUT2D eigenvalue weighted by atomic mass is 10.1. The number of benzene rings is 2. The minimum Gasteiger partial charge on any atom is -0.357 e. The number of anilines is 2. The Morgan fingerprint density at radius 3 is 2.55 bits per heavy atom. The molecule has 2 aromatic heterocycles. The second-order valence-corrected chi connectivity index (χ2v) is 8.50. The summed E-state index contributed by atoms with van der Waals surface area (Å²) < 4.78 is 1.59. The van der Waals surface area contributed by atoms with E-state index in [1.807, 2.05) is 50.4 Å². The largest absolute Gasteiger partial charge is 0.357 e. The summed E-state index contributed by atoms with van der Waals surface area (Å²) in [5.74, 6) is 1.33. The maximum absolute atomic E-state index is 13.2. The molecule has 8 nitrogen and oxygen atoms in total. The molecule has 1 aliphatic rings. The first kappa shape index (κ1) is 21.1. The van der Waals surface area contributed by atoms with Gasteiger partial charge in [0.05, 0.1) is 28.3 Å².